The van der Waals surface area contributed by atoms with Crippen molar-refractivity contribution in [3.05, 3.63) is 18.2 Å². The van der Waals surface area contributed by atoms with E-state index in [1.54, 1.807) is 12.5 Å². The fourth-order valence-corrected chi connectivity index (χ4v) is 0.863. The lowest BCUT2D eigenvalue weighted by Crippen LogP contribution is -2.33. The highest BCUT2D eigenvalue weighted by molar-refractivity contribution is 5.85. The van der Waals surface area contributed by atoms with Crippen LogP contribution in [0.1, 0.15) is 5.69 Å². The average Bonchev–Trinajstić information content (AvgIpc) is 2.55. The Morgan fingerprint density at radius 3 is 2.79 bits per heavy atom. The number of H-pyrrole nitrogens is 1. The Labute approximate surface area is 94.2 Å². The highest BCUT2D eigenvalue weighted by Gasteiger charge is 2.14. The van der Waals surface area contributed by atoms with Gasteiger partial charge in [0.2, 0.25) is 0 Å². The van der Waals surface area contributed by atoms with Crippen molar-refractivity contribution < 1.29 is 9.53 Å². The molecule has 0 saturated heterocycles. The van der Waals surface area contributed by atoms with Crippen molar-refractivity contribution in [2.75, 3.05) is 7.11 Å². The second kappa shape index (κ2) is 7.61. The Morgan fingerprint density at radius 2 is 2.36 bits per heavy atom. The predicted octanol–water partition coefficient (Wildman–Crippen LogP) is 0.296. The monoisotopic (exact) mass is 241 g/mol. The van der Waals surface area contributed by atoms with E-state index < -0.39 is 12.0 Å². The SMILES string of the molecule is COC(=O)C(N)Cc1c[nH]cn1.Cl.Cl. The summed E-state index contributed by atoms with van der Waals surface area (Å²) in [5.41, 5.74) is 6.25. The van der Waals surface area contributed by atoms with Gasteiger partial charge in [-0.2, -0.15) is 0 Å². The summed E-state index contributed by atoms with van der Waals surface area (Å²) < 4.78 is 4.46. The molecule has 0 fully saturated rings. The number of nitrogens with zero attached hydrogens (tertiary/aromatic N) is 1. The van der Waals surface area contributed by atoms with Crippen molar-refractivity contribution in [1.29, 1.82) is 0 Å². The second-order valence-corrected chi connectivity index (χ2v) is 2.39. The van der Waals surface area contributed by atoms with Gasteiger partial charge in [-0.05, 0) is 0 Å². The minimum atomic E-state index is -0.627. The molecule has 3 N–H and O–H groups in total. The van der Waals surface area contributed by atoms with Gasteiger partial charge >= 0.3 is 5.97 Å². The van der Waals surface area contributed by atoms with Crippen LogP contribution in [-0.4, -0.2) is 29.1 Å². The normalized spacial score (nSPS) is 10.7. The molecule has 1 aromatic rings. The van der Waals surface area contributed by atoms with Gasteiger partial charge in [0.15, 0.2) is 0 Å². The lowest BCUT2D eigenvalue weighted by Gasteiger charge is -2.05. The number of halogens is 2. The van der Waals surface area contributed by atoms with Crippen LogP contribution in [-0.2, 0) is 16.0 Å². The van der Waals surface area contributed by atoms with Crippen molar-refractivity contribution in [3.63, 3.8) is 0 Å². The maximum atomic E-state index is 10.9. The first-order chi connectivity index (χ1) is 5.74. The molecule has 0 aromatic carbocycles. The van der Waals surface area contributed by atoms with Gasteiger partial charge in [0.1, 0.15) is 6.04 Å². The predicted molar refractivity (Wildman–Crippen MR) is 56.8 cm³/mol. The minimum absolute atomic E-state index is 0. The molecule has 14 heavy (non-hydrogen) atoms. The molecule has 0 radical (unpaired) electrons. The Hall–Kier alpha value is -0.780. The summed E-state index contributed by atoms with van der Waals surface area (Å²) in [6.45, 7) is 0. The summed E-state index contributed by atoms with van der Waals surface area (Å²) >= 11 is 0. The summed E-state index contributed by atoms with van der Waals surface area (Å²) in [4.78, 5) is 17.6. The third kappa shape index (κ3) is 4.45. The molecular weight excluding hydrogens is 229 g/mol. The first kappa shape index (κ1) is 15.7. The van der Waals surface area contributed by atoms with Crippen LogP contribution in [0, 0.1) is 0 Å². The van der Waals surface area contributed by atoms with Crippen molar-refractivity contribution in [3.8, 4) is 0 Å². The highest BCUT2D eigenvalue weighted by Crippen LogP contribution is 1.96. The number of hydrogen-bond acceptors (Lipinski definition) is 4. The van der Waals surface area contributed by atoms with Crippen LogP contribution < -0.4 is 5.73 Å². The quantitative estimate of drug-likeness (QED) is 0.747. The Morgan fingerprint density at radius 1 is 1.71 bits per heavy atom. The number of nitrogens with one attached hydrogen (secondary N) is 1. The van der Waals surface area contributed by atoms with Crippen molar-refractivity contribution in [1.82, 2.24) is 9.97 Å². The van der Waals surface area contributed by atoms with E-state index in [0.717, 1.165) is 5.69 Å². The summed E-state index contributed by atoms with van der Waals surface area (Å²) in [5, 5.41) is 0. The summed E-state index contributed by atoms with van der Waals surface area (Å²) in [7, 11) is 1.31. The molecule has 0 saturated carbocycles. The number of aromatic nitrogens is 2. The molecule has 7 heteroatoms. The number of hydrogen-bond donors (Lipinski definition) is 2. The van der Waals surface area contributed by atoms with Crippen LogP contribution in [0.4, 0.5) is 0 Å². The molecule has 5 nitrogen and oxygen atoms in total. The van der Waals surface area contributed by atoms with Crippen molar-refractivity contribution in [2.24, 2.45) is 5.73 Å². The molecule has 82 valence electrons. The second-order valence-electron chi connectivity index (χ2n) is 2.39. The molecule has 0 aliphatic rings. The van der Waals surface area contributed by atoms with Crippen LogP contribution >= 0.6 is 24.8 Å². The molecular formula is C7H13Cl2N3O2. The van der Waals surface area contributed by atoms with Gasteiger partial charge in [-0.3, -0.25) is 4.79 Å². The fraction of sp³-hybridized carbons (Fsp3) is 0.429. The Kier molecular flexibility index (Phi) is 8.52. The van der Waals surface area contributed by atoms with Crippen LogP contribution in [0.5, 0.6) is 0 Å². The zero-order chi connectivity index (χ0) is 8.97. The van der Waals surface area contributed by atoms with Crippen molar-refractivity contribution >= 4 is 30.8 Å². The van der Waals surface area contributed by atoms with Gasteiger partial charge in [0.05, 0.1) is 19.1 Å². The summed E-state index contributed by atoms with van der Waals surface area (Å²) in [5.74, 6) is -0.419. The van der Waals surface area contributed by atoms with Gasteiger partial charge in [-0.1, -0.05) is 0 Å². The molecule has 1 unspecified atom stereocenters. The maximum Gasteiger partial charge on any atom is 0.323 e. The zero-order valence-corrected chi connectivity index (χ0v) is 9.23. The van der Waals surface area contributed by atoms with Gasteiger partial charge < -0.3 is 15.5 Å². The zero-order valence-electron chi connectivity index (χ0n) is 7.60. The lowest BCUT2D eigenvalue weighted by molar-refractivity contribution is -0.142. The number of imidazole rings is 1. The molecule has 1 atom stereocenters. The van der Waals surface area contributed by atoms with Gasteiger partial charge in [-0.15, -0.1) is 24.8 Å². The summed E-state index contributed by atoms with van der Waals surface area (Å²) in [6.07, 6.45) is 3.64. The van der Waals surface area contributed by atoms with Crippen LogP contribution in [0.25, 0.3) is 0 Å². The number of aromatic amines is 1. The first-order valence-electron chi connectivity index (χ1n) is 3.55. The molecule has 1 heterocycles. The lowest BCUT2D eigenvalue weighted by atomic mass is 10.2. The molecule has 0 amide bonds. The maximum absolute atomic E-state index is 10.9. The van der Waals surface area contributed by atoms with Crippen LogP contribution in [0.15, 0.2) is 12.5 Å². The van der Waals surface area contributed by atoms with Crippen LogP contribution in [0.3, 0.4) is 0 Å². The Bertz CT molecular complexity index is 253. The fourth-order valence-electron chi connectivity index (χ4n) is 0.863. The van der Waals surface area contributed by atoms with Gasteiger partial charge in [0.25, 0.3) is 0 Å². The topological polar surface area (TPSA) is 81.0 Å². The molecule has 1 rings (SSSR count). The first-order valence-corrected chi connectivity index (χ1v) is 3.55. The van der Waals surface area contributed by atoms with E-state index in [-0.39, 0.29) is 24.8 Å². The molecule has 0 spiro atoms. The number of ether oxygens (including phenoxy) is 1. The molecule has 1 aromatic heterocycles. The van der Waals surface area contributed by atoms with E-state index in [9.17, 15) is 4.79 Å². The summed E-state index contributed by atoms with van der Waals surface area (Å²) in [6, 6.07) is -0.627. The third-order valence-electron chi connectivity index (χ3n) is 1.49. The molecule has 0 aliphatic carbocycles. The third-order valence-corrected chi connectivity index (χ3v) is 1.49. The van der Waals surface area contributed by atoms with Crippen molar-refractivity contribution in [2.45, 2.75) is 12.5 Å². The van der Waals surface area contributed by atoms with Gasteiger partial charge in [0, 0.05) is 12.6 Å². The Balaban J connectivity index is 0. The largest absolute Gasteiger partial charge is 0.468 e. The number of esters is 1. The van der Waals surface area contributed by atoms with E-state index >= 15 is 0 Å². The number of carbonyl (C=O) groups is 1. The van der Waals surface area contributed by atoms with E-state index in [2.05, 4.69) is 14.7 Å². The van der Waals surface area contributed by atoms with E-state index in [1.165, 1.54) is 7.11 Å². The van der Waals surface area contributed by atoms with E-state index in [4.69, 9.17) is 5.73 Å². The van der Waals surface area contributed by atoms with E-state index in [1.807, 2.05) is 0 Å². The molecule has 0 bridgehead atoms. The van der Waals surface area contributed by atoms with Crippen LogP contribution in [0.2, 0.25) is 0 Å². The number of methoxy groups -OCH3 is 1. The number of carbonyl (C=O) groups excluding carboxylic acids is 1. The average molecular weight is 242 g/mol. The number of nitrogens with two attached hydrogens (primary N) is 1. The minimum Gasteiger partial charge on any atom is -0.468 e. The van der Waals surface area contributed by atoms with Gasteiger partial charge in [-0.25, -0.2) is 4.98 Å². The standard InChI is InChI=1S/C7H11N3O2.2ClH/c1-12-7(11)6(8)2-5-3-9-4-10-5;;/h3-4,6H,2,8H2,1H3,(H,9,10);2*1H. The number of rotatable bonds is 3. The van der Waals surface area contributed by atoms with E-state index in [0.29, 0.717) is 6.42 Å². The molecule has 0 aliphatic heterocycles. The smallest absolute Gasteiger partial charge is 0.323 e. The highest BCUT2D eigenvalue weighted by atomic mass is 35.5.